The molecular weight excluding hydrogens is 853 g/mol. The summed E-state index contributed by atoms with van der Waals surface area (Å²) in [6.45, 7) is 1.25. The molecule has 0 N–H and O–H groups in total. The molecule has 0 spiro atoms. The van der Waals surface area contributed by atoms with E-state index in [2.05, 4.69) is 0 Å². The first kappa shape index (κ1) is 46.5. The number of fused-ring (bicyclic) bond motifs is 1. The molecule has 9 rings (SSSR count). The highest BCUT2D eigenvalue weighted by Crippen LogP contribution is 2.40. The van der Waals surface area contributed by atoms with E-state index >= 15 is 0 Å². The Hall–Kier alpha value is -5.61. The lowest BCUT2D eigenvalue weighted by atomic mass is 9.95. The average Bonchev–Trinajstić information content (AvgIpc) is 3.39. The Morgan fingerprint density at radius 1 is 0.507 bits per heavy atom. The first-order valence-electron chi connectivity index (χ1n) is 22.7. The predicted octanol–water partition coefficient (Wildman–Crippen LogP) is 8.78. The van der Waals surface area contributed by atoms with Crippen LogP contribution in [0.1, 0.15) is 44.5 Å². The summed E-state index contributed by atoms with van der Waals surface area (Å²) in [6, 6.07) is 58.1. The summed E-state index contributed by atoms with van der Waals surface area (Å²) in [5.74, 6) is -0.595. The number of methoxy groups -OCH3 is 1. The third kappa shape index (κ3) is 12.1. The van der Waals surface area contributed by atoms with Crippen LogP contribution in [0.15, 0.2) is 182 Å². The Kier molecular flexibility index (Phi) is 16.2. The van der Waals surface area contributed by atoms with E-state index in [1.54, 1.807) is 24.3 Å². The molecule has 0 bridgehead atoms. The van der Waals surface area contributed by atoms with Crippen molar-refractivity contribution in [2.75, 3.05) is 20.3 Å². The van der Waals surface area contributed by atoms with Crippen LogP contribution >= 0.6 is 0 Å². The molecule has 0 aliphatic carbocycles. The van der Waals surface area contributed by atoms with Crippen molar-refractivity contribution in [2.24, 2.45) is 0 Å². The maximum atomic E-state index is 14.0. The van der Waals surface area contributed by atoms with Crippen molar-refractivity contribution in [3.8, 4) is 0 Å². The Labute approximate surface area is 391 Å². The molecule has 348 valence electrons. The molecule has 3 saturated heterocycles. The summed E-state index contributed by atoms with van der Waals surface area (Å²) in [5.41, 5.74) is 5.00. The van der Waals surface area contributed by atoms with Gasteiger partial charge in [0.05, 0.1) is 45.2 Å². The van der Waals surface area contributed by atoms with Gasteiger partial charge in [-0.05, 0) is 34.4 Å². The van der Waals surface area contributed by atoms with Crippen molar-refractivity contribution in [1.82, 2.24) is 0 Å². The second-order valence-corrected chi connectivity index (χ2v) is 16.6. The summed E-state index contributed by atoms with van der Waals surface area (Å²) in [6.07, 6.45) is -9.96. The van der Waals surface area contributed by atoms with Crippen LogP contribution in [0.4, 0.5) is 0 Å². The van der Waals surface area contributed by atoms with Gasteiger partial charge in [-0.25, -0.2) is 4.79 Å². The van der Waals surface area contributed by atoms with Crippen molar-refractivity contribution in [2.45, 2.75) is 94.1 Å². The zero-order chi connectivity index (χ0) is 45.6. The van der Waals surface area contributed by atoms with Crippen LogP contribution in [0.2, 0.25) is 0 Å². The average molecular weight is 909 g/mol. The van der Waals surface area contributed by atoms with E-state index < -0.39 is 73.7 Å². The van der Waals surface area contributed by atoms with Gasteiger partial charge in [-0.15, -0.1) is 0 Å². The normalized spacial score (nSPS) is 27.1. The van der Waals surface area contributed by atoms with E-state index in [1.807, 2.05) is 158 Å². The molecule has 0 unspecified atom stereocenters. The summed E-state index contributed by atoms with van der Waals surface area (Å²) < 4.78 is 73.6. The highest BCUT2D eigenvalue weighted by Gasteiger charge is 2.57. The van der Waals surface area contributed by atoms with Crippen molar-refractivity contribution >= 4 is 5.97 Å². The van der Waals surface area contributed by atoms with Crippen LogP contribution in [-0.4, -0.2) is 87.7 Å². The third-order valence-corrected chi connectivity index (χ3v) is 12.0. The number of carbonyl (C=O) groups excluding carboxylic acids is 1. The zero-order valence-electron chi connectivity index (χ0n) is 37.3. The quantitative estimate of drug-likeness (QED) is 0.0724. The van der Waals surface area contributed by atoms with Gasteiger partial charge < -0.3 is 52.1 Å². The topological polar surface area (TPSA) is 119 Å². The van der Waals surface area contributed by atoms with Crippen LogP contribution in [0.25, 0.3) is 0 Å². The van der Waals surface area contributed by atoms with Gasteiger partial charge in [-0.1, -0.05) is 170 Å². The van der Waals surface area contributed by atoms with E-state index in [9.17, 15) is 4.79 Å². The molecule has 3 heterocycles. The minimum atomic E-state index is -1.17. The van der Waals surface area contributed by atoms with Gasteiger partial charge in [0.1, 0.15) is 42.7 Å². The molecule has 0 aromatic heterocycles. The Bertz CT molecular complexity index is 2360. The van der Waals surface area contributed by atoms with Crippen LogP contribution in [0.5, 0.6) is 0 Å². The minimum absolute atomic E-state index is 0.109. The molecule has 12 heteroatoms. The molecular formula is C55H56O12. The molecule has 6 aromatic rings. The van der Waals surface area contributed by atoms with Gasteiger partial charge in [0, 0.05) is 12.7 Å². The van der Waals surface area contributed by atoms with Gasteiger partial charge in [0.2, 0.25) is 0 Å². The molecule has 3 aliphatic heterocycles. The first-order chi connectivity index (χ1) is 33.1. The van der Waals surface area contributed by atoms with Crippen LogP contribution < -0.4 is 0 Å². The lowest BCUT2D eigenvalue weighted by Crippen LogP contribution is -2.67. The molecule has 3 aliphatic rings. The highest BCUT2D eigenvalue weighted by atomic mass is 16.8. The number of hydrogen-bond donors (Lipinski definition) is 0. The fourth-order valence-corrected chi connectivity index (χ4v) is 8.57. The fraction of sp³-hybridized carbons (Fsp3) is 0.327. The second kappa shape index (κ2) is 23.4. The molecule has 3 fully saturated rings. The van der Waals surface area contributed by atoms with E-state index in [0.717, 1.165) is 27.8 Å². The predicted molar refractivity (Wildman–Crippen MR) is 246 cm³/mol. The molecule has 11 atom stereocenters. The minimum Gasteiger partial charge on any atom is -0.450 e. The molecule has 0 amide bonds. The Morgan fingerprint density at radius 2 is 1.00 bits per heavy atom. The largest absolute Gasteiger partial charge is 0.450 e. The summed E-state index contributed by atoms with van der Waals surface area (Å²) in [5, 5.41) is 0. The smallest absolute Gasteiger partial charge is 0.338 e. The van der Waals surface area contributed by atoms with Crippen LogP contribution in [0.3, 0.4) is 0 Å². The van der Waals surface area contributed by atoms with E-state index in [0.29, 0.717) is 12.2 Å². The monoisotopic (exact) mass is 908 g/mol. The number of benzene rings is 6. The third-order valence-electron chi connectivity index (χ3n) is 12.0. The van der Waals surface area contributed by atoms with E-state index in [1.165, 1.54) is 7.11 Å². The molecule has 67 heavy (non-hydrogen) atoms. The maximum absolute atomic E-state index is 14.0. The van der Waals surface area contributed by atoms with E-state index in [4.69, 9.17) is 52.1 Å². The summed E-state index contributed by atoms with van der Waals surface area (Å²) in [7, 11) is 1.49. The fourth-order valence-electron chi connectivity index (χ4n) is 8.57. The maximum Gasteiger partial charge on any atom is 0.338 e. The van der Waals surface area contributed by atoms with Gasteiger partial charge in [0.25, 0.3) is 0 Å². The highest BCUT2D eigenvalue weighted by molar-refractivity contribution is 5.89. The Balaban J connectivity index is 1.11. The standard InChI is InChI=1S/C55H56O12/c1-57-54-51(65-52(56)42-28-16-6-17-29-42)49(47-45(63-54)37-62-53(66-47)43-30-18-7-19-31-43)67-55-50(61-35-41-26-14-5-15-27-41)48(60-34-40-24-12-4-13-25-40)46(59-33-39-22-10-3-11-23-39)44(64-55)36-58-32-38-20-8-2-9-21-38/h2-31,44-51,53-55H,32-37H2,1H3/t44-,45-,46-,47-,48+,49+,50-,51-,53-,54+,55-/m1/s1. The van der Waals surface area contributed by atoms with Crippen molar-refractivity contribution in [1.29, 1.82) is 0 Å². The SMILES string of the molecule is CO[C@H]1O[C@@H]2CO[C@@H](c3ccccc3)O[C@H]2[C@H](O[C@H]2O[C@H](COCc3ccccc3)[C@@H](OCc3ccccc3)[C@H](OCc3ccccc3)[C@H]2OCc2ccccc2)[C@H]1OC(=O)c1ccccc1. The number of esters is 1. The Morgan fingerprint density at radius 3 is 1.55 bits per heavy atom. The van der Waals surface area contributed by atoms with Crippen molar-refractivity contribution < 1.29 is 56.9 Å². The molecule has 0 radical (unpaired) electrons. The summed E-state index contributed by atoms with van der Waals surface area (Å²) in [4.78, 5) is 14.0. The number of ether oxygens (including phenoxy) is 11. The molecule has 12 nitrogen and oxygen atoms in total. The number of carbonyl (C=O) groups is 1. The van der Waals surface area contributed by atoms with Crippen molar-refractivity contribution in [3.05, 3.63) is 215 Å². The van der Waals surface area contributed by atoms with Crippen LogP contribution in [-0.2, 0) is 78.5 Å². The zero-order valence-corrected chi connectivity index (χ0v) is 37.3. The lowest BCUT2D eigenvalue weighted by molar-refractivity contribution is -0.395. The second-order valence-electron chi connectivity index (χ2n) is 16.6. The molecule has 0 saturated carbocycles. The summed E-state index contributed by atoms with van der Waals surface area (Å²) >= 11 is 0. The first-order valence-corrected chi connectivity index (χ1v) is 22.7. The molecule has 6 aromatic carbocycles. The van der Waals surface area contributed by atoms with Crippen LogP contribution in [0, 0.1) is 0 Å². The van der Waals surface area contributed by atoms with E-state index in [-0.39, 0.29) is 33.0 Å². The van der Waals surface area contributed by atoms with Crippen molar-refractivity contribution in [3.63, 3.8) is 0 Å². The lowest BCUT2D eigenvalue weighted by Gasteiger charge is -2.51. The van der Waals surface area contributed by atoms with Gasteiger partial charge in [0.15, 0.2) is 25.0 Å². The van der Waals surface area contributed by atoms with Gasteiger partial charge >= 0.3 is 5.97 Å². The number of hydrogen-bond acceptors (Lipinski definition) is 12. The van der Waals surface area contributed by atoms with Gasteiger partial charge in [-0.3, -0.25) is 0 Å². The van der Waals surface area contributed by atoms with Gasteiger partial charge in [-0.2, -0.15) is 0 Å². The number of rotatable bonds is 19.